The zero-order chi connectivity index (χ0) is 18.4. The molecule has 2 atom stereocenters. The second kappa shape index (κ2) is 8.46. The minimum Gasteiger partial charge on any atom is -0.482 e. The Hall–Kier alpha value is -2.64. The molecule has 8 heteroatoms. The van der Waals surface area contributed by atoms with Crippen LogP contribution < -0.4 is 4.74 Å². The van der Waals surface area contributed by atoms with Gasteiger partial charge in [0, 0.05) is 24.2 Å². The second-order valence-electron chi connectivity index (χ2n) is 6.13. The first-order valence-corrected chi connectivity index (χ1v) is 8.22. The Labute approximate surface area is 145 Å². The Kier molecular flexibility index (Phi) is 6.32. The third-order valence-corrected chi connectivity index (χ3v) is 4.24. The van der Waals surface area contributed by atoms with Gasteiger partial charge in [-0.05, 0) is 45.2 Å². The van der Waals surface area contributed by atoms with Gasteiger partial charge in [0.2, 0.25) is 0 Å². The van der Waals surface area contributed by atoms with Crippen LogP contribution in [0, 0.1) is 10.1 Å². The second-order valence-corrected chi connectivity index (χ2v) is 6.13. The number of nitrogens with zero attached hydrogens (tertiary/aromatic N) is 2. The zero-order valence-corrected chi connectivity index (χ0v) is 14.3. The molecule has 1 heterocycles. The van der Waals surface area contributed by atoms with E-state index in [2.05, 4.69) is 0 Å². The van der Waals surface area contributed by atoms with Crippen molar-refractivity contribution < 1.29 is 24.0 Å². The molecule has 1 saturated heterocycles. The summed E-state index contributed by atoms with van der Waals surface area (Å²) in [6, 6.07) is 5.64. The maximum absolute atomic E-state index is 12.2. The Morgan fingerprint density at radius 1 is 1.16 bits per heavy atom. The molecule has 2 rings (SSSR count). The molecule has 0 spiro atoms. The largest absolute Gasteiger partial charge is 0.482 e. The minimum atomic E-state index is -0.663. The lowest BCUT2D eigenvalue weighted by molar-refractivity contribution is -0.384. The van der Waals surface area contributed by atoms with Gasteiger partial charge in [0.15, 0.2) is 13.2 Å². The Morgan fingerprint density at radius 3 is 2.32 bits per heavy atom. The normalized spacial score (nSPS) is 20.0. The van der Waals surface area contributed by atoms with Crippen molar-refractivity contribution in [3.8, 4) is 5.75 Å². The van der Waals surface area contributed by atoms with Gasteiger partial charge in [-0.1, -0.05) is 0 Å². The standard InChI is InChI=1S/C17H22N2O6/c1-12-4-3-5-13(2)18(12)16(20)10-25-17(21)11-24-15-8-6-14(7-9-15)19(22)23/h6-9,12-13H,3-5,10-11H2,1-2H3/t12-,13+. The molecule has 1 aliphatic heterocycles. The van der Waals surface area contributed by atoms with Crippen LogP contribution in [0.4, 0.5) is 5.69 Å². The topological polar surface area (TPSA) is 99.0 Å². The van der Waals surface area contributed by atoms with Crippen molar-refractivity contribution in [1.29, 1.82) is 0 Å². The number of nitro groups is 1. The number of benzene rings is 1. The number of rotatable bonds is 6. The van der Waals surface area contributed by atoms with Crippen molar-refractivity contribution in [2.75, 3.05) is 13.2 Å². The predicted octanol–water partition coefficient (Wildman–Crippen LogP) is 2.31. The SMILES string of the molecule is C[C@@H]1CCC[C@H](C)N1C(=O)COC(=O)COc1ccc([N+](=O)[O-])cc1. The van der Waals surface area contributed by atoms with Gasteiger partial charge >= 0.3 is 5.97 Å². The molecule has 1 aromatic carbocycles. The molecule has 1 fully saturated rings. The summed E-state index contributed by atoms with van der Waals surface area (Å²) in [6.07, 6.45) is 3.00. The van der Waals surface area contributed by atoms with Crippen molar-refractivity contribution >= 4 is 17.6 Å². The van der Waals surface area contributed by atoms with Crippen molar-refractivity contribution in [3.63, 3.8) is 0 Å². The van der Waals surface area contributed by atoms with E-state index < -0.39 is 10.9 Å². The summed E-state index contributed by atoms with van der Waals surface area (Å²) in [6.45, 7) is 3.31. The van der Waals surface area contributed by atoms with Gasteiger partial charge in [0.05, 0.1) is 4.92 Å². The molecule has 1 amide bonds. The lowest BCUT2D eigenvalue weighted by Gasteiger charge is -2.38. The number of amides is 1. The van der Waals surface area contributed by atoms with Gasteiger partial charge in [-0.15, -0.1) is 0 Å². The molecule has 0 radical (unpaired) electrons. The van der Waals surface area contributed by atoms with E-state index >= 15 is 0 Å². The summed E-state index contributed by atoms with van der Waals surface area (Å²) in [5.74, 6) is -0.556. The minimum absolute atomic E-state index is 0.0645. The van der Waals surface area contributed by atoms with Crippen LogP contribution in [0.1, 0.15) is 33.1 Å². The van der Waals surface area contributed by atoms with Crippen LogP contribution in [0.3, 0.4) is 0 Å². The molecule has 8 nitrogen and oxygen atoms in total. The fourth-order valence-corrected chi connectivity index (χ4v) is 2.98. The van der Waals surface area contributed by atoms with E-state index in [1.165, 1.54) is 24.3 Å². The number of carbonyl (C=O) groups excluding carboxylic acids is 2. The molecule has 1 aromatic rings. The van der Waals surface area contributed by atoms with Crippen molar-refractivity contribution in [2.24, 2.45) is 0 Å². The van der Waals surface area contributed by atoms with Crippen LogP contribution >= 0.6 is 0 Å². The predicted molar refractivity (Wildman–Crippen MR) is 89.2 cm³/mol. The molecule has 0 aliphatic carbocycles. The smallest absolute Gasteiger partial charge is 0.344 e. The first-order chi connectivity index (χ1) is 11.9. The Morgan fingerprint density at radius 2 is 1.76 bits per heavy atom. The van der Waals surface area contributed by atoms with Crippen LogP contribution in [0.5, 0.6) is 5.75 Å². The first-order valence-electron chi connectivity index (χ1n) is 8.22. The number of hydrogen-bond acceptors (Lipinski definition) is 6. The van der Waals surface area contributed by atoms with Gasteiger partial charge in [0.25, 0.3) is 11.6 Å². The summed E-state index contributed by atoms with van der Waals surface area (Å²) in [5, 5.41) is 10.6. The quantitative estimate of drug-likeness (QED) is 0.443. The van der Waals surface area contributed by atoms with Crippen LogP contribution in [0.2, 0.25) is 0 Å². The van der Waals surface area contributed by atoms with Crippen LogP contribution in [0.25, 0.3) is 0 Å². The molecule has 0 aromatic heterocycles. The van der Waals surface area contributed by atoms with Crippen LogP contribution in [-0.4, -0.2) is 47.0 Å². The number of likely N-dealkylation sites (tertiary alicyclic amines) is 1. The molecular formula is C17H22N2O6. The number of nitro benzene ring substituents is 1. The average Bonchev–Trinajstić information content (AvgIpc) is 2.58. The van der Waals surface area contributed by atoms with Gasteiger partial charge in [0.1, 0.15) is 5.75 Å². The average molecular weight is 350 g/mol. The first kappa shape index (κ1) is 18.7. The highest BCUT2D eigenvalue weighted by atomic mass is 16.6. The Bertz CT molecular complexity index is 621. The highest BCUT2D eigenvalue weighted by Crippen LogP contribution is 2.22. The van der Waals surface area contributed by atoms with E-state index in [4.69, 9.17) is 9.47 Å². The van der Waals surface area contributed by atoms with Crippen molar-refractivity contribution in [1.82, 2.24) is 4.90 Å². The van der Waals surface area contributed by atoms with Crippen molar-refractivity contribution in [2.45, 2.75) is 45.2 Å². The summed E-state index contributed by atoms with van der Waals surface area (Å²) in [5.41, 5.74) is -0.0645. The lowest BCUT2D eigenvalue weighted by atomic mass is 9.97. The van der Waals surface area contributed by atoms with E-state index in [-0.39, 0.29) is 36.9 Å². The summed E-state index contributed by atoms with van der Waals surface area (Å²) in [7, 11) is 0. The molecule has 136 valence electrons. The molecular weight excluding hydrogens is 328 g/mol. The van der Waals surface area contributed by atoms with Crippen LogP contribution in [-0.2, 0) is 14.3 Å². The zero-order valence-electron chi connectivity index (χ0n) is 14.3. The molecule has 0 unspecified atom stereocenters. The lowest BCUT2D eigenvalue weighted by Crippen LogP contribution is -2.49. The third-order valence-electron chi connectivity index (χ3n) is 4.24. The van der Waals surface area contributed by atoms with Crippen molar-refractivity contribution in [3.05, 3.63) is 34.4 Å². The fraction of sp³-hybridized carbons (Fsp3) is 0.529. The van der Waals surface area contributed by atoms with Gasteiger partial charge in [-0.2, -0.15) is 0 Å². The van der Waals surface area contributed by atoms with E-state index in [0.29, 0.717) is 5.75 Å². The summed E-state index contributed by atoms with van der Waals surface area (Å²) in [4.78, 5) is 35.8. The highest BCUT2D eigenvalue weighted by molar-refractivity contribution is 5.81. The third kappa shape index (κ3) is 5.17. The number of carbonyl (C=O) groups is 2. The number of hydrogen-bond donors (Lipinski definition) is 0. The molecule has 1 aliphatic rings. The highest BCUT2D eigenvalue weighted by Gasteiger charge is 2.29. The number of piperidine rings is 1. The van der Waals surface area contributed by atoms with Crippen LogP contribution in [0.15, 0.2) is 24.3 Å². The molecule has 25 heavy (non-hydrogen) atoms. The van der Waals surface area contributed by atoms with E-state index in [0.717, 1.165) is 19.3 Å². The van der Waals surface area contributed by atoms with E-state index in [1.54, 1.807) is 4.90 Å². The summed E-state index contributed by atoms with van der Waals surface area (Å²) < 4.78 is 10.2. The molecule has 0 saturated carbocycles. The Balaban J connectivity index is 1.76. The summed E-state index contributed by atoms with van der Waals surface area (Å²) >= 11 is 0. The van der Waals surface area contributed by atoms with E-state index in [9.17, 15) is 19.7 Å². The molecule has 0 N–H and O–H groups in total. The number of esters is 1. The number of non-ortho nitro benzene ring substituents is 1. The maximum Gasteiger partial charge on any atom is 0.344 e. The van der Waals surface area contributed by atoms with Gasteiger partial charge < -0.3 is 14.4 Å². The van der Waals surface area contributed by atoms with Gasteiger partial charge in [-0.3, -0.25) is 14.9 Å². The monoisotopic (exact) mass is 350 g/mol. The fourth-order valence-electron chi connectivity index (χ4n) is 2.98. The number of ether oxygens (including phenoxy) is 2. The van der Waals surface area contributed by atoms with Gasteiger partial charge in [-0.25, -0.2) is 4.79 Å². The maximum atomic E-state index is 12.2. The molecule has 0 bridgehead atoms. The van der Waals surface area contributed by atoms with E-state index in [1.807, 2.05) is 13.8 Å².